The van der Waals surface area contributed by atoms with Crippen LogP contribution in [-0.2, 0) is 6.54 Å². The average Bonchev–Trinajstić information content (AvgIpc) is 2.96. The summed E-state index contributed by atoms with van der Waals surface area (Å²) in [6, 6.07) is 15.2. The fourth-order valence-corrected chi connectivity index (χ4v) is 2.31. The molecule has 0 aliphatic carbocycles. The predicted molar refractivity (Wildman–Crippen MR) is 87.2 cm³/mol. The van der Waals surface area contributed by atoms with Gasteiger partial charge in [-0.2, -0.15) is 0 Å². The highest BCUT2D eigenvalue weighted by Gasteiger charge is 2.07. The Labute approximate surface area is 128 Å². The van der Waals surface area contributed by atoms with E-state index in [0.717, 1.165) is 27.9 Å². The number of rotatable bonds is 4. The summed E-state index contributed by atoms with van der Waals surface area (Å²) in [7, 11) is 1.62. The monoisotopic (exact) mass is 295 g/mol. The van der Waals surface area contributed by atoms with E-state index in [2.05, 4.69) is 15.6 Å². The minimum absolute atomic E-state index is 0.243. The summed E-state index contributed by atoms with van der Waals surface area (Å²) >= 11 is 0. The van der Waals surface area contributed by atoms with Gasteiger partial charge in [0, 0.05) is 23.6 Å². The lowest BCUT2D eigenvalue weighted by atomic mass is 10.2. The Balaban J connectivity index is 1.63. The molecule has 112 valence electrons. The van der Waals surface area contributed by atoms with Crippen molar-refractivity contribution >= 4 is 22.6 Å². The number of nitrogens with one attached hydrogen (secondary N) is 3. The van der Waals surface area contributed by atoms with Gasteiger partial charge < -0.3 is 20.4 Å². The van der Waals surface area contributed by atoms with Crippen LogP contribution < -0.4 is 15.4 Å². The second kappa shape index (κ2) is 6.22. The lowest BCUT2D eigenvalue weighted by molar-refractivity contribution is 0.251. The third kappa shape index (κ3) is 3.03. The molecule has 0 atom stereocenters. The maximum atomic E-state index is 12.0. The number of para-hydroxylation sites is 1. The van der Waals surface area contributed by atoms with Crippen LogP contribution in [0.5, 0.6) is 5.75 Å². The largest absolute Gasteiger partial charge is 0.497 e. The second-order valence-corrected chi connectivity index (χ2v) is 4.91. The molecule has 0 bridgehead atoms. The molecule has 0 aliphatic heterocycles. The van der Waals surface area contributed by atoms with E-state index >= 15 is 0 Å². The molecule has 0 saturated carbocycles. The van der Waals surface area contributed by atoms with Gasteiger partial charge in [-0.1, -0.05) is 30.3 Å². The molecule has 3 rings (SSSR count). The number of hydrogen-bond donors (Lipinski definition) is 3. The Morgan fingerprint density at radius 3 is 2.91 bits per heavy atom. The second-order valence-electron chi connectivity index (χ2n) is 4.91. The molecule has 22 heavy (non-hydrogen) atoms. The molecule has 0 saturated heterocycles. The van der Waals surface area contributed by atoms with E-state index in [-0.39, 0.29) is 6.03 Å². The molecule has 1 aromatic heterocycles. The van der Waals surface area contributed by atoms with Crippen LogP contribution in [0.2, 0.25) is 0 Å². The SMILES string of the molecule is COc1cccc(CNC(=O)Nc2c[nH]c3ccccc23)c1. The molecule has 2 aromatic carbocycles. The van der Waals surface area contributed by atoms with Gasteiger partial charge in [-0.3, -0.25) is 0 Å². The van der Waals surface area contributed by atoms with Crippen LogP contribution in [0.3, 0.4) is 0 Å². The third-order valence-electron chi connectivity index (χ3n) is 3.42. The number of H-pyrrole nitrogens is 1. The van der Waals surface area contributed by atoms with Crippen molar-refractivity contribution in [2.24, 2.45) is 0 Å². The van der Waals surface area contributed by atoms with Crippen molar-refractivity contribution in [3.63, 3.8) is 0 Å². The Kier molecular flexibility index (Phi) is 3.96. The first-order valence-electron chi connectivity index (χ1n) is 7.00. The molecule has 5 heteroatoms. The fraction of sp³-hybridized carbons (Fsp3) is 0.118. The third-order valence-corrected chi connectivity index (χ3v) is 3.42. The van der Waals surface area contributed by atoms with Crippen molar-refractivity contribution in [3.05, 3.63) is 60.3 Å². The zero-order valence-corrected chi connectivity index (χ0v) is 12.2. The van der Waals surface area contributed by atoms with E-state index < -0.39 is 0 Å². The first kappa shape index (κ1) is 14.0. The van der Waals surface area contributed by atoms with Crippen LogP contribution in [0.15, 0.2) is 54.7 Å². The summed E-state index contributed by atoms with van der Waals surface area (Å²) < 4.78 is 5.16. The molecule has 0 unspecified atom stereocenters. The summed E-state index contributed by atoms with van der Waals surface area (Å²) in [6.45, 7) is 0.436. The van der Waals surface area contributed by atoms with E-state index in [1.165, 1.54) is 0 Å². The highest BCUT2D eigenvalue weighted by Crippen LogP contribution is 2.22. The molecular formula is C17H17N3O2. The van der Waals surface area contributed by atoms with Crippen molar-refractivity contribution in [1.82, 2.24) is 10.3 Å². The Morgan fingerprint density at radius 2 is 2.05 bits per heavy atom. The number of ether oxygens (including phenoxy) is 1. The van der Waals surface area contributed by atoms with Gasteiger partial charge in [-0.25, -0.2) is 4.79 Å². The fourth-order valence-electron chi connectivity index (χ4n) is 2.31. The van der Waals surface area contributed by atoms with E-state index in [9.17, 15) is 4.79 Å². The topological polar surface area (TPSA) is 66.2 Å². The molecule has 0 radical (unpaired) electrons. The maximum Gasteiger partial charge on any atom is 0.319 e. The van der Waals surface area contributed by atoms with Crippen LogP contribution in [0.1, 0.15) is 5.56 Å². The number of hydrogen-bond acceptors (Lipinski definition) is 2. The van der Waals surface area contributed by atoms with Crippen LogP contribution in [-0.4, -0.2) is 18.1 Å². The summed E-state index contributed by atoms with van der Waals surface area (Å²) in [6.07, 6.45) is 1.79. The first-order chi connectivity index (χ1) is 10.8. The molecule has 5 nitrogen and oxygen atoms in total. The van der Waals surface area contributed by atoms with Crippen molar-refractivity contribution in [3.8, 4) is 5.75 Å². The first-order valence-corrected chi connectivity index (χ1v) is 7.00. The summed E-state index contributed by atoms with van der Waals surface area (Å²) in [5.41, 5.74) is 2.73. The highest BCUT2D eigenvalue weighted by atomic mass is 16.5. The van der Waals surface area contributed by atoms with Gasteiger partial charge in [-0.05, 0) is 23.8 Å². The standard InChI is InChI=1S/C17H17N3O2/c1-22-13-6-4-5-12(9-13)10-19-17(21)20-16-11-18-15-8-3-2-7-14(15)16/h2-9,11,18H,10H2,1H3,(H2,19,20,21). The average molecular weight is 295 g/mol. The van der Waals surface area contributed by atoms with Gasteiger partial charge in [0.05, 0.1) is 12.8 Å². The van der Waals surface area contributed by atoms with Crippen LogP contribution in [0, 0.1) is 0 Å². The molecule has 0 aliphatic rings. The number of methoxy groups -OCH3 is 1. The number of aromatic amines is 1. The predicted octanol–water partition coefficient (Wildman–Crippen LogP) is 3.50. The van der Waals surface area contributed by atoms with Crippen LogP contribution >= 0.6 is 0 Å². The Morgan fingerprint density at radius 1 is 1.18 bits per heavy atom. The molecule has 0 spiro atoms. The lowest BCUT2D eigenvalue weighted by Crippen LogP contribution is -2.28. The van der Waals surface area contributed by atoms with Crippen LogP contribution in [0.25, 0.3) is 10.9 Å². The number of anilines is 1. The quantitative estimate of drug-likeness (QED) is 0.689. The van der Waals surface area contributed by atoms with Crippen molar-refractivity contribution in [1.29, 1.82) is 0 Å². The smallest absolute Gasteiger partial charge is 0.319 e. The summed E-state index contributed by atoms with van der Waals surface area (Å²) in [4.78, 5) is 15.1. The van der Waals surface area contributed by atoms with Crippen molar-refractivity contribution in [2.45, 2.75) is 6.54 Å². The maximum absolute atomic E-state index is 12.0. The van der Waals surface area contributed by atoms with E-state index in [1.54, 1.807) is 13.3 Å². The van der Waals surface area contributed by atoms with Gasteiger partial charge in [0.25, 0.3) is 0 Å². The van der Waals surface area contributed by atoms with Gasteiger partial charge in [0.15, 0.2) is 0 Å². The number of carbonyl (C=O) groups excluding carboxylic acids is 1. The zero-order chi connectivity index (χ0) is 15.4. The van der Waals surface area contributed by atoms with Crippen molar-refractivity contribution in [2.75, 3.05) is 12.4 Å². The number of fused-ring (bicyclic) bond motifs is 1. The van der Waals surface area contributed by atoms with Crippen molar-refractivity contribution < 1.29 is 9.53 Å². The molecule has 2 amide bonds. The normalized spacial score (nSPS) is 10.4. The number of urea groups is 1. The molecule has 3 aromatic rings. The molecular weight excluding hydrogens is 278 g/mol. The number of aromatic nitrogens is 1. The lowest BCUT2D eigenvalue weighted by Gasteiger charge is -2.08. The summed E-state index contributed by atoms with van der Waals surface area (Å²) in [5, 5.41) is 6.67. The molecule has 1 heterocycles. The van der Waals surface area contributed by atoms with Gasteiger partial charge in [0.1, 0.15) is 5.75 Å². The Hall–Kier alpha value is -2.95. The molecule has 3 N–H and O–H groups in total. The zero-order valence-electron chi connectivity index (χ0n) is 12.2. The molecule has 0 fully saturated rings. The Bertz CT molecular complexity index is 795. The van der Waals surface area contributed by atoms with Gasteiger partial charge in [-0.15, -0.1) is 0 Å². The van der Waals surface area contributed by atoms with Gasteiger partial charge in [0.2, 0.25) is 0 Å². The highest BCUT2D eigenvalue weighted by molar-refractivity contribution is 6.00. The van der Waals surface area contributed by atoms with E-state index in [4.69, 9.17) is 4.74 Å². The minimum Gasteiger partial charge on any atom is -0.497 e. The summed E-state index contributed by atoms with van der Waals surface area (Å²) in [5.74, 6) is 0.774. The number of carbonyl (C=O) groups is 1. The van der Waals surface area contributed by atoms with E-state index in [1.807, 2.05) is 48.5 Å². The van der Waals surface area contributed by atoms with E-state index in [0.29, 0.717) is 6.54 Å². The van der Waals surface area contributed by atoms with Crippen LogP contribution in [0.4, 0.5) is 10.5 Å². The van der Waals surface area contributed by atoms with Gasteiger partial charge >= 0.3 is 6.03 Å². The number of benzene rings is 2. The number of amides is 2. The minimum atomic E-state index is -0.243.